The Morgan fingerprint density at radius 1 is 1.20 bits per heavy atom. The lowest BCUT2D eigenvalue weighted by atomic mass is 9.70. The first kappa shape index (κ1) is 31.5. The van der Waals surface area contributed by atoms with Gasteiger partial charge in [0, 0.05) is 61.7 Å². The number of H-pyrrole nitrogens is 1. The number of rotatable bonds is 9. The Hall–Kier alpha value is -3.43. The molecule has 2 aromatic heterocycles. The summed E-state index contributed by atoms with van der Waals surface area (Å²) in [5.74, 6) is 1.48. The summed E-state index contributed by atoms with van der Waals surface area (Å²) in [5, 5.41) is 14.4. The SMILES string of the molecule is CCC.Cc1c(NC2CN(CC(NCC3CC3)=C3CCC3)C2)ncc2c1[C@@](C)(c1cccc(Cl)c1F)CN(c1ccn[nH]1)C2=O. The van der Waals surface area contributed by atoms with Crippen LogP contribution in [-0.4, -0.2) is 64.8 Å². The van der Waals surface area contributed by atoms with Gasteiger partial charge in [-0.3, -0.25) is 19.7 Å². The summed E-state index contributed by atoms with van der Waals surface area (Å²) in [5.41, 5.74) is 4.69. The van der Waals surface area contributed by atoms with E-state index in [1.165, 1.54) is 44.2 Å². The monoisotopic (exact) mass is 633 g/mol. The van der Waals surface area contributed by atoms with E-state index in [0.717, 1.165) is 49.0 Å². The molecule has 45 heavy (non-hydrogen) atoms. The summed E-state index contributed by atoms with van der Waals surface area (Å²) < 4.78 is 15.6. The molecule has 2 aliphatic carbocycles. The van der Waals surface area contributed by atoms with Crippen LogP contribution in [0.25, 0.3) is 0 Å². The quantitative estimate of drug-likeness (QED) is 0.240. The van der Waals surface area contributed by atoms with Crippen LogP contribution >= 0.6 is 11.6 Å². The molecule has 2 aliphatic heterocycles. The number of benzene rings is 1. The maximum atomic E-state index is 15.6. The molecule has 1 amide bonds. The zero-order valence-electron chi connectivity index (χ0n) is 26.9. The number of likely N-dealkylation sites (tertiary alicyclic amines) is 1. The van der Waals surface area contributed by atoms with Gasteiger partial charge < -0.3 is 10.6 Å². The van der Waals surface area contributed by atoms with Gasteiger partial charge in [-0.2, -0.15) is 5.10 Å². The topological polar surface area (TPSA) is 89.2 Å². The first-order chi connectivity index (χ1) is 21.7. The maximum Gasteiger partial charge on any atom is 0.261 e. The number of carbonyl (C=O) groups excluding carboxylic acids is 1. The first-order valence-electron chi connectivity index (χ1n) is 16.4. The summed E-state index contributed by atoms with van der Waals surface area (Å²) in [6, 6.07) is 7.06. The number of anilines is 2. The average Bonchev–Trinajstić information content (AvgIpc) is 3.64. The van der Waals surface area contributed by atoms with Crippen molar-refractivity contribution in [2.24, 2.45) is 5.92 Å². The molecule has 0 radical (unpaired) electrons. The van der Waals surface area contributed by atoms with Crippen molar-refractivity contribution in [2.45, 2.75) is 77.7 Å². The second-order valence-corrected chi connectivity index (χ2v) is 13.7. The van der Waals surface area contributed by atoms with Crippen LogP contribution in [0, 0.1) is 18.7 Å². The fourth-order valence-corrected chi connectivity index (χ4v) is 6.90. The van der Waals surface area contributed by atoms with Crippen LogP contribution in [0.5, 0.6) is 0 Å². The fourth-order valence-electron chi connectivity index (χ4n) is 6.73. The molecule has 4 heterocycles. The number of amides is 1. The van der Waals surface area contributed by atoms with E-state index in [9.17, 15) is 4.79 Å². The van der Waals surface area contributed by atoms with Gasteiger partial charge >= 0.3 is 0 Å². The number of aromatic nitrogens is 3. The van der Waals surface area contributed by atoms with Crippen LogP contribution in [0.1, 0.15) is 86.3 Å². The van der Waals surface area contributed by atoms with Gasteiger partial charge in [-0.15, -0.1) is 0 Å². The van der Waals surface area contributed by atoms with Crippen molar-refractivity contribution in [2.75, 3.05) is 42.9 Å². The number of halogens is 2. The standard InChI is InChI=1S/C32H37ClFN7O.C3H8/c1-19-28-23(31(42)41(27-11-12-37-39-27)18-32(28,2)24-7-4-8-25(33)29(24)34)14-36-30(19)38-22-15-40(16-22)17-26(21-5-3-6-21)35-13-20-9-10-20;1-3-2/h4,7-8,11-12,14,20,22,35H,3,5-6,9-10,13,15-18H2,1-2H3,(H,36,38)(H,37,39);3H2,1-2H3/t32-;/m1./s1. The van der Waals surface area contributed by atoms with Gasteiger partial charge in [-0.05, 0) is 74.6 Å². The van der Waals surface area contributed by atoms with Gasteiger partial charge in [-0.1, -0.05) is 44.0 Å². The van der Waals surface area contributed by atoms with E-state index in [4.69, 9.17) is 16.6 Å². The highest BCUT2D eigenvalue weighted by Gasteiger charge is 2.45. The highest BCUT2D eigenvalue weighted by Crippen LogP contribution is 2.45. The number of aromatic amines is 1. The van der Waals surface area contributed by atoms with Crippen molar-refractivity contribution in [3.05, 3.63) is 81.0 Å². The van der Waals surface area contributed by atoms with Gasteiger partial charge in [0.2, 0.25) is 0 Å². The van der Waals surface area contributed by atoms with E-state index in [0.29, 0.717) is 16.9 Å². The number of nitrogens with one attached hydrogen (secondary N) is 3. The Labute approximate surface area is 270 Å². The number of fused-ring (bicyclic) bond motifs is 1. The predicted octanol–water partition coefficient (Wildman–Crippen LogP) is 6.82. The molecule has 7 rings (SSSR count). The number of hydrogen-bond acceptors (Lipinski definition) is 6. The lowest BCUT2D eigenvalue weighted by Gasteiger charge is -2.44. The molecule has 0 spiro atoms. The van der Waals surface area contributed by atoms with Gasteiger partial charge in [0.05, 0.1) is 22.8 Å². The highest BCUT2D eigenvalue weighted by molar-refractivity contribution is 6.30. The molecule has 3 aromatic rings. The van der Waals surface area contributed by atoms with E-state index in [-0.39, 0.29) is 23.5 Å². The smallest absolute Gasteiger partial charge is 0.261 e. The van der Waals surface area contributed by atoms with Crippen molar-refractivity contribution in [3.63, 3.8) is 0 Å². The zero-order valence-corrected chi connectivity index (χ0v) is 27.6. The third kappa shape index (κ3) is 6.34. The third-order valence-electron chi connectivity index (χ3n) is 9.51. The summed E-state index contributed by atoms with van der Waals surface area (Å²) in [4.78, 5) is 22.6. The first-order valence-corrected chi connectivity index (χ1v) is 16.8. The zero-order chi connectivity index (χ0) is 31.7. The molecule has 0 bridgehead atoms. The van der Waals surface area contributed by atoms with Gasteiger partial charge in [0.25, 0.3) is 5.91 Å². The minimum absolute atomic E-state index is 0.0581. The van der Waals surface area contributed by atoms with Crippen LogP contribution in [0.4, 0.5) is 16.0 Å². The van der Waals surface area contributed by atoms with Crippen molar-refractivity contribution in [3.8, 4) is 0 Å². The molecule has 3 N–H and O–H groups in total. The van der Waals surface area contributed by atoms with E-state index in [2.05, 4.69) is 39.6 Å². The van der Waals surface area contributed by atoms with E-state index < -0.39 is 11.2 Å². The fraction of sp³-hybridized carbons (Fsp3) is 0.514. The molecule has 10 heteroatoms. The van der Waals surface area contributed by atoms with Gasteiger partial charge in [-0.25, -0.2) is 9.37 Å². The van der Waals surface area contributed by atoms with E-state index in [1.807, 2.05) is 13.8 Å². The van der Waals surface area contributed by atoms with Crippen LogP contribution in [-0.2, 0) is 5.41 Å². The number of allylic oxidation sites excluding steroid dienone is 1. The van der Waals surface area contributed by atoms with Crippen molar-refractivity contribution in [1.29, 1.82) is 0 Å². The van der Waals surface area contributed by atoms with Crippen LogP contribution in [0.3, 0.4) is 0 Å². The van der Waals surface area contributed by atoms with Crippen molar-refractivity contribution < 1.29 is 9.18 Å². The summed E-state index contributed by atoms with van der Waals surface area (Å²) in [6.07, 6.45) is 10.9. The molecule has 3 fully saturated rings. The Balaban J connectivity index is 0.00000115. The molecule has 8 nitrogen and oxygen atoms in total. The third-order valence-corrected chi connectivity index (χ3v) is 9.80. The molecule has 240 valence electrons. The Bertz CT molecular complexity index is 1560. The molecule has 0 unspecified atom stereocenters. The van der Waals surface area contributed by atoms with Gasteiger partial charge in [0.15, 0.2) is 0 Å². The molecular weight excluding hydrogens is 589 g/mol. The largest absolute Gasteiger partial charge is 0.387 e. The Morgan fingerprint density at radius 3 is 2.60 bits per heavy atom. The summed E-state index contributed by atoms with van der Waals surface area (Å²) in [6.45, 7) is 12.4. The minimum atomic E-state index is -0.879. The lowest BCUT2D eigenvalue weighted by molar-refractivity contribution is 0.0969. The Kier molecular flexibility index (Phi) is 9.20. The molecule has 1 aromatic carbocycles. The Morgan fingerprint density at radius 2 is 1.96 bits per heavy atom. The van der Waals surface area contributed by atoms with Gasteiger partial charge in [0.1, 0.15) is 17.5 Å². The molecule has 1 saturated heterocycles. The molecule has 4 aliphatic rings. The van der Waals surface area contributed by atoms with Crippen molar-refractivity contribution in [1.82, 2.24) is 25.4 Å². The second kappa shape index (κ2) is 13.1. The number of hydrogen-bond donors (Lipinski definition) is 3. The van der Waals surface area contributed by atoms with Crippen LogP contribution < -0.4 is 15.5 Å². The van der Waals surface area contributed by atoms with Crippen LogP contribution in [0.2, 0.25) is 5.02 Å². The summed E-state index contributed by atoms with van der Waals surface area (Å²) in [7, 11) is 0. The highest BCUT2D eigenvalue weighted by atomic mass is 35.5. The van der Waals surface area contributed by atoms with Crippen LogP contribution in [0.15, 0.2) is 47.9 Å². The second-order valence-electron chi connectivity index (χ2n) is 13.3. The summed E-state index contributed by atoms with van der Waals surface area (Å²) >= 11 is 6.26. The maximum absolute atomic E-state index is 15.6. The normalized spacial score (nSPS) is 21.3. The number of carbonyl (C=O) groups is 1. The molecule has 2 saturated carbocycles. The molecular formula is C35H45ClFN7O. The lowest BCUT2D eigenvalue weighted by Crippen LogP contribution is -2.56. The van der Waals surface area contributed by atoms with Crippen molar-refractivity contribution >= 4 is 29.1 Å². The predicted molar refractivity (Wildman–Crippen MR) is 179 cm³/mol. The average molecular weight is 634 g/mol. The minimum Gasteiger partial charge on any atom is -0.387 e. The number of pyridine rings is 1. The van der Waals surface area contributed by atoms with E-state index >= 15 is 4.39 Å². The van der Waals surface area contributed by atoms with E-state index in [1.54, 1.807) is 47.1 Å². The number of nitrogens with zero attached hydrogens (tertiary/aromatic N) is 4. The molecule has 1 atom stereocenters.